The highest BCUT2D eigenvalue weighted by atomic mass is 16.5. The Hall–Kier alpha value is -2.20. The molecular formula is C22H29N5O. The maximum atomic E-state index is 9.41. The van der Waals surface area contributed by atoms with E-state index in [2.05, 4.69) is 58.8 Å². The van der Waals surface area contributed by atoms with Crippen LogP contribution in [0.15, 0.2) is 30.5 Å². The molecule has 2 saturated heterocycles. The highest BCUT2D eigenvalue weighted by Gasteiger charge is 2.30. The average molecular weight is 380 g/mol. The van der Waals surface area contributed by atoms with Gasteiger partial charge in [-0.2, -0.15) is 5.26 Å². The van der Waals surface area contributed by atoms with E-state index in [0.29, 0.717) is 11.6 Å². The summed E-state index contributed by atoms with van der Waals surface area (Å²) in [5.74, 6) is 0. The van der Waals surface area contributed by atoms with Crippen molar-refractivity contribution in [1.29, 1.82) is 5.26 Å². The van der Waals surface area contributed by atoms with Crippen LogP contribution in [0.1, 0.15) is 19.4 Å². The summed E-state index contributed by atoms with van der Waals surface area (Å²) in [7, 11) is 2.20. The van der Waals surface area contributed by atoms with Crippen LogP contribution in [0.4, 0.5) is 5.69 Å². The van der Waals surface area contributed by atoms with Gasteiger partial charge in [-0.25, -0.2) is 0 Å². The van der Waals surface area contributed by atoms with E-state index >= 15 is 0 Å². The zero-order valence-electron chi connectivity index (χ0n) is 17.0. The number of nitrogens with zero attached hydrogens (tertiary/aromatic N) is 5. The largest absolute Gasteiger partial charge is 0.370 e. The van der Waals surface area contributed by atoms with Gasteiger partial charge >= 0.3 is 0 Å². The number of anilines is 1. The zero-order valence-corrected chi connectivity index (χ0v) is 17.0. The minimum atomic E-state index is 0.172. The van der Waals surface area contributed by atoms with Gasteiger partial charge in [0.1, 0.15) is 6.07 Å². The number of nitriles is 1. The van der Waals surface area contributed by atoms with Gasteiger partial charge in [-0.1, -0.05) is 0 Å². The summed E-state index contributed by atoms with van der Waals surface area (Å²) < 4.78 is 6.29. The SMILES string of the molecule is CC1CN(C[C@H]2CN(c3ccc(C#N)c4ncccc34)C[C@@H](C)O2)CCN1C. The molecule has 1 aromatic carbocycles. The van der Waals surface area contributed by atoms with Crippen LogP contribution in [0.3, 0.4) is 0 Å². The average Bonchev–Trinajstić information content (AvgIpc) is 2.69. The van der Waals surface area contributed by atoms with E-state index in [1.165, 1.54) is 0 Å². The summed E-state index contributed by atoms with van der Waals surface area (Å²) in [5.41, 5.74) is 2.56. The van der Waals surface area contributed by atoms with E-state index in [1.54, 1.807) is 6.20 Å². The molecule has 3 atom stereocenters. The minimum Gasteiger partial charge on any atom is -0.370 e. The molecule has 1 unspecified atom stereocenters. The first-order valence-electron chi connectivity index (χ1n) is 10.2. The van der Waals surface area contributed by atoms with Crippen LogP contribution in [0, 0.1) is 11.3 Å². The lowest BCUT2D eigenvalue weighted by atomic mass is 10.1. The van der Waals surface area contributed by atoms with Crippen LogP contribution >= 0.6 is 0 Å². The Labute approximate surface area is 167 Å². The summed E-state index contributed by atoms with van der Waals surface area (Å²) >= 11 is 0. The molecule has 3 heterocycles. The van der Waals surface area contributed by atoms with Gasteiger partial charge < -0.3 is 14.5 Å². The molecule has 2 fully saturated rings. The van der Waals surface area contributed by atoms with Gasteiger partial charge in [-0.15, -0.1) is 0 Å². The van der Waals surface area contributed by atoms with E-state index in [-0.39, 0.29) is 12.2 Å². The third-order valence-electron chi connectivity index (χ3n) is 6.04. The normalized spacial score (nSPS) is 27.1. The van der Waals surface area contributed by atoms with Crippen molar-refractivity contribution in [1.82, 2.24) is 14.8 Å². The lowest BCUT2D eigenvalue weighted by Crippen LogP contribution is -2.55. The summed E-state index contributed by atoms with van der Waals surface area (Å²) in [4.78, 5) is 11.8. The first-order valence-corrected chi connectivity index (χ1v) is 10.2. The van der Waals surface area contributed by atoms with Gasteiger partial charge in [-0.05, 0) is 45.2 Å². The molecule has 0 aliphatic carbocycles. The van der Waals surface area contributed by atoms with Crippen molar-refractivity contribution in [3.05, 3.63) is 36.0 Å². The van der Waals surface area contributed by atoms with Crippen LogP contribution in [0.5, 0.6) is 0 Å². The standard InChI is InChI=1S/C22H29N5O/c1-16-12-26(10-9-25(16)3)14-19-15-27(13-17(2)28-19)21-7-6-18(11-23)22-20(21)5-4-8-24-22/h4-8,16-17,19H,9-10,12-15H2,1-3H3/t16?,17-,19+/m1/s1. The van der Waals surface area contributed by atoms with Crippen molar-refractivity contribution >= 4 is 16.6 Å². The van der Waals surface area contributed by atoms with Crippen molar-refractivity contribution in [3.63, 3.8) is 0 Å². The van der Waals surface area contributed by atoms with Gasteiger partial charge in [-0.3, -0.25) is 9.88 Å². The molecule has 0 bridgehead atoms. The maximum Gasteiger partial charge on any atom is 0.101 e. The molecular weight excluding hydrogens is 350 g/mol. The minimum absolute atomic E-state index is 0.172. The molecule has 0 N–H and O–H groups in total. The van der Waals surface area contributed by atoms with E-state index < -0.39 is 0 Å². The first kappa shape index (κ1) is 19.1. The number of hydrogen-bond acceptors (Lipinski definition) is 6. The maximum absolute atomic E-state index is 9.41. The molecule has 0 amide bonds. The summed E-state index contributed by atoms with van der Waals surface area (Å²) in [6, 6.07) is 10.8. The molecule has 6 heteroatoms. The number of pyridine rings is 1. The van der Waals surface area contributed by atoms with Gasteiger partial charge in [0.05, 0.1) is 23.3 Å². The van der Waals surface area contributed by atoms with Crippen molar-refractivity contribution in [2.75, 3.05) is 51.2 Å². The second-order valence-corrected chi connectivity index (χ2v) is 8.21. The number of rotatable bonds is 3. The van der Waals surface area contributed by atoms with Crippen LogP contribution < -0.4 is 4.90 Å². The fourth-order valence-electron chi connectivity index (χ4n) is 4.44. The topological polar surface area (TPSA) is 55.6 Å². The van der Waals surface area contributed by atoms with Gasteiger partial charge in [0, 0.05) is 62.6 Å². The number of likely N-dealkylation sites (N-methyl/N-ethyl adjacent to an activating group) is 1. The smallest absolute Gasteiger partial charge is 0.101 e. The Balaban J connectivity index is 1.54. The molecule has 0 saturated carbocycles. The third-order valence-corrected chi connectivity index (χ3v) is 6.04. The van der Waals surface area contributed by atoms with Crippen LogP contribution in [0.2, 0.25) is 0 Å². The Morgan fingerprint density at radius 2 is 2.04 bits per heavy atom. The van der Waals surface area contributed by atoms with Crippen LogP contribution in [-0.2, 0) is 4.74 Å². The highest BCUT2D eigenvalue weighted by Crippen LogP contribution is 2.30. The fraction of sp³-hybridized carbons (Fsp3) is 0.545. The van der Waals surface area contributed by atoms with Gasteiger partial charge in [0.2, 0.25) is 0 Å². The molecule has 6 nitrogen and oxygen atoms in total. The first-order chi connectivity index (χ1) is 13.5. The number of morpholine rings is 1. The molecule has 2 aliphatic heterocycles. The van der Waals surface area contributed by atoms with Crippen molar-refractivity contribution in [3.8, 4) is 6.07 Å². The van der Waals surface area contributed by atoms with Crippen molar-refractivity contribution in [2.45, 2.75) is 32.1 Å². The molecule has 2 aromatic rings. The summed E-state index contributed by atoms with van der Waals surface area (Å²) in [6.07, 6.45) is 2.11. The highest BCUT2D eigenvalue weighted by molar-refractivity contribution is 5.95. The Kier molecular flexibility index (Phi) is 5.49. The van der Waals surface area contributed by atoms with E-state index in [4.69, 9.17) is 4.74 Å². The second kappa shape index (κ2) is 8.04. The number of hydrogen-bond donors (Lipinski definition) is 0. The molecule has 4 rings (SSSR count). The summed E-state index contributed by atoms with van der Waals surface area (Å²) in [5, 5.41) is 10.5. The lowest BCUT2D eigenvalue weighted by Gasteiger charge is -2.43. The molecule has 0 spiro atoms. The number of aromatic nitrogens is 1. The second-order valence-electron chi connectivity index (χ2n) is 8.21. The van der Waals surface area contributed by atoms with E-state index in [9.17, 15) is 5.26 Å². The molecule has 1 aromatic heterocycles. The van der Waals surface area contributed by atoms with E-state index in [1.807, 2.05) is 12.1 Å². The van der Waals surface area contributed by atoms with Crippen LogP contribution in [-0.4, -0.2) is 79.3 Å². The van der Waals surface area contributed by atoms with Crippen LogP contribution in [0.25, 0.3) is 10.9 Å². The quantitative estimate of drug-likeness (QED) is 0.816. The Morgan fingerprint density at radius 3 is 2.82 bits per heavy atom. The number of benzene rings is 1. The summed E-state index contributed by atoms with van der Waals surface area (Å²) in [6.45, 7) is 10.4. The molecule has 148 valence electrons. The van der Waals surface area contributed by atoms with Gasteiger partial charge in [0.25, 0.3) is 0 Å². The Morgan fingerprint density at radius 1 is 1.18 bits per heavy atom. The predicted octanol–water partition coefficient (Wildman–Crippen LogP) is 2.34. The fourth-order valence-corrected chi connectivity index (χ4v) is 4.44. The lowest BCUT2D eigenvalue weighted by molar-refractivity contribution is -0.0406. The van der Waals surface area contributed by atoms with E-state index in [0.717, 1.165) is 55.9 Å². The Bertz CT molecular complexity index is 879. The predicted molar refractivity (Wildman–Crippen MR) is 112 cm³/mol. The third kappa shape index (κ3) is 3.83. The molecule has 28 heavy (non-hydrogen) atoms. The van der Waals surface area contributed by atoms with Gasteiger partial charge in [0.15, 0.2) is 0 Å². The number of ether oxygens (including phenoxy) is 1. The zero-order chi connectivity index (χ0) is 19.7. The van der Waals surface area contributed by atoms with Crippen molar-refractivity contribution in [2.24, 2.45) is 0 Å². The molecule has 2 aliphatic rings. The molecule has 0 radical (unpaired) electrons. The van der Waals surface area contributed by atoms with Crippen molar-refractivity contribution < 1.29 is 4.74 Å². The number of piperazine rings is 1. The number of fused-ring (bicyclic) bond motifs is 1. The monoisotopic (exact) mass is 379 g/mol.